The molecule has 4 nitrogen and oxygen atoms in total. The second kappa shape index (κ2) is 5.73. The Kier molecular flexibility index (Phi) is 4.21. The van der Waals surface area contributed by atoms with Crippen molar-refractivity contribution in [2.24, 2.45) is 22.7 Å². The van der Waals surface area contributed by atoms with Crippen molar-refractivity contribution in [2.75, 3.05) is 11.4 Å². The molecular formula is C16H25N3O. The maximum atomic E-state index is 9.02. The van der Waals surface area contributed by atoms with Crippen molar-refractivity contribution in [3.05, 3.63) is 29.3 Å². The topological polar surface area (TPSA) is 61.8 Å². The van der Waals surface area contributed by atoms with Crippen LogP contribution in [-0.4, -0.2) is 23.6 Å². The van der Waals surface area contributed by atoms with Crippen LogP contribution in [0.1, 0.15) is 38.3 Å². The van der Waals surface area contributed by atoms with Gasteiger partial charge >= 0.3 is 0 Å². The van der Waals surface area contributed by atoms with E-state index in [9.17, 15) is 0 Å². The van der Waals surface area contributed by atoms with Gasteiger partial charge in [-0.2, -0.15) is 0 Å². The van der Waals surface area contributed by atoms with Gasteiger partial charge in [-0.1, -0.05) is 30.6 Å². The fourth-order valence-electron chi connectivity index (χ4n) is 3.19. The molecule has 3 unspecified atom stereocenters. The van der Waals surface area contributed by atoms with Crippen LogP contribution in [-0.2, 0) is 0 Å². The molecule has 1 aliphatic rings. The highest BCUT2D eigenvalue weighted by atomic mass is 16.4. The van der Waals surface area contributed by atoms with Gasteiger partial charge in [0.2, 0.25) is 0 Å². The number of piperidine rings is 1. The molecule has 1 saturated heterocycles. The zero-order valence-corrected chi connectivity index (χ0v) is 12.8. The van der Waals surface area contributed by atoms with E-state index >= 15 is 0 Å². The number of anilines is 1. The molecule has 20 heavy (non-hydrogen) atoms. The lowest BCUT2D eigenvalue weighted by atomic mass is 9.85. The van der Waals surface area contributed by atoms with E-state index in [1.54, 1.807) is 0 Å². The summed E-state index contributed by atoms with van der Waals surface area (Å²) >= 11 is 0. The molecule has 3 atom stereocenters. The van der Waals surface area contributed by atoms with Crippen LogP contribution in [0.2, 0.25) is 0 Å². The minimum atomic E-state index is 0.182. The maximum Gasteiger partial charge on any atom is 0.172 e. The lowest BCUT2D eigenvalue weighted by Crippen LogP contribution is -2.46. The summed E-state index contributed by atoms with van der Waals surface area (Å²) in [6, 6.07) is 6.62. The maximum absolute atomic E-state index is 9.02. The Morgan fingerprint density at radius 3 is 2.70 bits per heavy atom. The van der Waals surface area contributed by atoms with Crippen LogP contribution in [0.5, 0.6) is 0 Å². The Morgan fingerprint density at radius 1 is 1.35 bits per heavy atom. The lowest BCUT2D eigenvalue weighted by Gasteiger charge is -2.43. The molecule has 0 radical (unpaired) electrons. The average Bonchev–Trinajstić information content (AvgIpc) is 2.42. The van der Waals surface area contributed by atoms with Crippen molar-refractivity contribution in [1.82, 2.24) is 0 Å². The summed E-state index contributed by atoms with van der Waals surface area (Å²) in [5.41, 5.74) is 8.86. The smallest absolute Gasteiger partial charge is 0.172 e. The van der Waals surface area contributed by atoms with Gasteiger partial charge in [-0.05, 0) is 44.2 Å². The molecule has 110 valence electrons. The molecule has 0 aliphatic carbocycles. The van der Waals surface area contributed by atoms with E-state index in [0.29, 0.717) is 17.9 Å². The summed E-state index contributed by atoms with van der Waals surface area (Å²) in [7, 11) is 0. The zero-order chi connectivity index (χ0) is 14.9. The van der Waals surface area contributed by atoms with Crippen molar-refractivity contribution >= 4 is 11.5 Å². The Balaban J connectivity index is 2.46. The van der Waals surface area contributed by atoms with E-state index in [2.05, 4.69) is 43.0 Å². The number of hydrogen-bond donors (Lipinski definition) is 2. The fourth-order valence-corrected chi connectivity index (χ4v) is 3.19. The highest BCUT2D eigenvalue weighted by molar-refractivity contribution is 6.02. The van der Waals surface area contributed by atoms with Crippen molar-refractivity contribution in [3.8, 4) is 0 Å². The second-order valence-electron chi connectivity index (χ2n) is 6.22. The van der Waals surface area contributed by atoms with Crippen LogP contribution >= 0.6 is 0 Å². The summed E-state index contributed by atoms with van der Waals surface area (Å²) in [5, 5.41) is 12.2. The monoisotopic (exact) mass is 275 g/mol. The quantitative estimate of drug-likeness (QED) is 0.377. The van der Waals surface area contributed by atoms with E-state index in [4.69, 9.17) is 10.9 Å². The third kappa shape index (κ3) is 2.74. The Labute approximate surface area is 121 Å². The first kappa shape index (κ1) is 14.7. The minimum Gasteiger partial charge on any atom is -0.409 e. The molecule has 4 heteroatoms. The largest absolute Gasteiger partial charge is 0.409 e. The van der Waals surface area contributed by atoms with Crippen LogP contribution in [0.25, 0.3) is 0 Å². The number of aryl methyl sites for hydroxylation is 1. The molecule has 0 spiro atoms. The van der Waals surface area contributed by atoms with E-state index in [1.165, 1.54) is 6.42 Å². The molecule has 1 aromatic carbocycles. The van der Waals surface area contributed by atoms with Gasteiger partial charge in [0.25, 0.3) is 0 Å². The molecule has 1 aliphatic heterocycles. The van der Waals surface area contributed by atoms with Gasteiger partial charge in [0.15, 0.2) is 5.84 Å². The third-order valence-electron chi connectivity index (χ3n) is 4.44. The number of oxime groups is 1. The molecule has 1 heterocycles. The first-order chi connectivity index (χ1) is 9.43. The van der Waals surface area contributed by atoms with Gasteiger partial charge in [-0.25, -0.2) is 0 Å². The standard InChI is InChI=1S/C16H25N3O/c1-10-5-6-15(14(8-10)16(17)18-20)19-9-11(2)7-12(3)13(19)4/h5-6,8,11-13,20H,7,9H2,1-4H3,(H2,17,18). The first-order valence-corrected chi connectivity index (χ1v) is 7.29. The van der Waals surface area contributed by atoms with Gasteiger partial charge in [0, 0.05) is 23.8 Å². The Hall–Kier alpha value is -1.71. The van der Waals surface area contributed by atoms with Gasteiger partial charge in [0.05, 0.1) is 0 Å². The van der Waals surface area contributed by atoms with Crippen molar-refractivity contribution in [3.63, 3.8) is 0 Å². The van der Waals surface area contributed by atoms with Crippen LogP contribution in [0.4, 0.5) is 5.69 Å². The summed E-state index contributed by atoms with van der Waals surface area (Å²) in [6.45, 7) is 9.87. The molecule has 0 saturated carbocycles. The Morgan fingerprint density at radius 2 is 2.05 bits per heavy atom. The van der Waals surface area contributed by atoms with Crippen LogP contribution in [0.3, 0.4) is 0 Å². The molecule has 0 bridgehead atoms. The fraction of sp³-hybridized carbons (Fsp3) is 0.562. The van der Waals surface area contributed by atoms with E-state index in [1.807, 2.05) is 13.0 Å². The van der Waals surface area contributed by atoms with E-state index in [-0.39, 0.29) is 5.84 Å². The number of hydrogen-bond acceptors (Lipinski definition) is 3. The molecule has 1 aromatic rings. The third-order valence-corrected chi connectivity index (χ3v) is 4.44. The van der Waals surface area contributed by atoms with Crippen molar-refractivity contribution < 1.29 is 5.21 Å². The van der Waals surface area contributed by atoms with E-state index in [0.717, 1.165) is 23.4 Å². The second-order valence-corrected chi connectivity index (χ2v) is 6.22. The summed E-state index contributed by atoms with van der Waals surface area (Å²) in [5.74, 6) is 1.48. The number of benzene rings is 1. The van der Waals surface area contributed by atoms with Crippen molar-refractivity contribution in [1.29, 1.82) is 0 Å². The first-order valence-electron chi connectivity index (χ1n) is 7.29. The van der Waals surface area contributed by atoms with Crippen molar-refractivity contribution in [2.45, 2.75) is 40.2 Å². The molecule has 0 aromatic heterocycles. The van der Waals surface area contributed by atoms with Crippen LogP contribution < -0.4 is 10.6 Å². The Bertz CT molecular complexity index is 512. The lowest BCUT2D eigenvalue weighted by molar-refractivity contribution is 0.297. The highest BCUT2D eigenvalue weighted by Gasteiger charge is 2.30. The van der Waals surface area contributed by atoms with E-state index < -0.39 is 0 Å². The van der Waals surface area contributed by atoms with Gasteiger partial charge < -0.3 is 15.8 Å². The predicted octanol–water partition coefficient (Wildman–Crippen LogP) is 2.96. The van der Waals surface area contributed by atoms with Gasteiger partial charge in [0.1, 0.15) is 0 Å². The van der Waals surface area contributed by atoms with Gasteiger partial charge in [-0.3, -0.25) is 0 Å². The molecule has 1 fully saturated rings. The SMILES string of the molecule is Cc1ccc(N2CC(C)CC(C)C2C)c(/C(N)=N/O)c1. The van der Waals surface area contributed by atoms with Crippen LogP contribution in [0.15, 0.2) is 23.4 Å². The minimum absolute atomic E-state index is 0.182. The molecule has 2 rings (SSSR count). The normalized spacial score (nSPS) is 27.7. The number of amidine groups is 1. The number of rotatable bonds is 2. The van der Waals surface area contributed by atoms with Crippen LogP contribution in [0, 0.1) is 18.8 Å². The average molecular weight is 275 g/mol. The summed E-state index contributed by atoms with van der Waals surface area (Å²) < 4.78 is 0. The number of nitrogens with zero attached hydrogens (tertiary/aromatic N) is 2. The molecular weight excluding hydrogens is 250 g/mol. The molecule has 0 amide bonds. The zero-order valence-electron chi connectivity index (χ0n) is 12.8. The summed E-state index contributed by atoms with van der Waals surface area (Å²) in [4.78, 5) is 2.39. The number of nitrogens with two attached hydrogens (primary N) is 1. The predicted molar refractivity (Wildman–Crippen MR) is 83.4 cm³/mol. The highest BCUT2D eigenvalue weighted by Crippen LogP contribution is 2.33. The van der Waals surface area contributed by atoms with Gasteiger partial charge in [-0.15, -0.1) is 0 Å². The summed E-state index contributed by atoms with van der Waals surface area (Å²) in [6.07, 6.45) is 1.25. The molecule has 3 N–H and O–H groups in total.